The minimum absolute atomic E-state index is 0.102. The van der Waals surface area contributed by atoms with Crippen molar-refractivity contribution in [1.29, 1.82) is 0 Å². The second kappa shape index (κ2) is 16.0. The molecule has 2 atom stereocenters. The minimum atomic E-state index is -0.891. The standard InChI is InChI=1S/C27H45N7O4S/c1-4-34(21(2)35)27(24(28)26(37)33-17-15-32(16-18-33)19-20-38-3)39-30-23-9-7-22(8-10-23)25(36)29-11-14-31-12-5-6-13-31/h7-10,24,27,30H,4-6,11-20,28H2,1-3H3,(H,29,36)/t24-,27?/m1/s1. The molecule has 11 nitrogen and oxygen atoms in total. The van der Waals surface area contributed by atoms with Crippen LogP contribution in [0.25, 0.3) is 0 Å². The number of anilines is 1. The van der Waals surface area contributed by atoms with E-state index in [2.05, 4.69) is 19.8 Å². The summed E-state index contributed by atoms with van der Waals surface area (Å²) in [4.78, 5) is 46.3. The first-order valence-electron chi connectivity index (χ1n) is 13.9. The van der Waals surface area contributed by atoms with Gasteiger partial charge in [-0.3, -0.25) is 19.3 Å². The fraction of sp³-hybridized carbons (Fsp3) is 0.667. The number of piperazine rings is 1. The quantitative estimate of drug-likeness (QED) is 0.224. The van der Waals surface area contributed by atoms with Gasteiger partial charge in [-0.2, -0.15) is 0 Å². The van der Waals surface area contributed by atoms with Crippen LogP contribution in [0.4, 0.5) is 5.69 Å². The third kappa shape index (κ3) is 9.35. The Labute approximate surface area is 236 Å². The van der Waals surface area contributed by atoms with Gasteiger partial charge in [0.05, 0.1) is 6.61 Å². The molecule has 0 bridgehead atoms. The van der Waals surface area contributed by atoms with Gasteiger partial charge in [0.15, 0.2) is 0 Å². The molecule has 0 aromatic heterocycles. The third-order valence-electron chi connectivity index (χ3n) is 7.30. The molecule has 3 amide bonds. The van der Waals surface area contributed by atoms with Crippen molar-refractivity contribution in [1.82, 2.24) is 24.9 Å². The van der Waals surface area contributed by atoms with E-state index in [1.165, 1.54) is 31.7 Å². The molecule has 4 N–H and O–H groups in total. The Kier molecular flexibility index (Phi) is 12.8. The van der Waals surface area contributed by atoms with Crippen LogP contribution in [-0.4, -0.2) is 128 Å². The second-order valence-electron chi connectivity index (χ2n) is 9.98. The number of likely N-dealkylation sites (N-methyl/N-ethyl adjacent to an activating group) is 1. The highest BCUT2D eigenvalue weighted by atomic mass is 32.2. The predicted molar refractivity (Wildman–Crippen MR) is 155 cm³/mol. The molecule has 0 spiro atoms. The fourth-order valence-electron chi connectivity index (χ4n) is 4.91. The van der Waals surface area contributed by atoms with Crippen molar-refractivity contribution in [2.24, 2.45) is 5.73 Å². The Balaban J connectivity index is 1.55. The zero-order chi connectivity index (χ0) is 28.2. The van der Waals surface area contributed by atoms with E-state index in [1.807, 2.05) is 19.1 Å². The summed E-state index contributed by atoms with van der Waals surface area (Å²) in [5.41, 5.74) is 7.84. The van der Waals surface area contributed by atoms with Crippen molar-refractivity contribution in [3.05, 3.63) is 29.8 Å². The number of likely N-dealkylation sites (tertiary alicyclic amines) is 1. The summed E-state index contributed by atoms with van der Waals surface area (Å²) in [5.74, 6) is -0.415. The number of ether oxygens (including phenoxy) is 1. The molecule has 2 fully saturated rings. The smallest absolute Gasteiger partial charge is 0.251 e. The number of hydrogen-bond acceptors (Lipinski definition) is 9. The lowest BCUT2D eigenvalue weighted by molar-refractivity contribution is -0.137. The van der Waals surface area contributed by atoms with Crippen LogP contribution in [0, 0.1) is 0 Å². The van der Waals surface area contributed by atoms with E-state index in [1.54, 1.807) is 29.0 Å². The average molecular weight is 564 g/mol. The summed E-state index contributed by atoms with van der Waals surface area (Å²) in [6, 6.07) is 6.27. The lowest BCUT2D eigenvalue weighted by atomic mass is 10.2. The van der Waals surface area contributed by atoms with Gasteiger partial charge in [-0.05, 0) is 69.1 Å². The van der Waals surface area contributed by atoms with E-state index in [9.17, 15) is 14.4 Å². The van der Waals surface area contributed by atoms with Crippen molar-refractivity contribution < 1.29 is 19.1 Å². The molecule has 12 heteroatoms. The van der Waals surface area contributed by atoms with Crippen molar-refractivity contribution in [3.8, 4) is 0 Å². The first kappa shape index (κ1) is 31.2. The lowest BCUT2D eigenvalue weighted by Gasteiger charge is -2.39. The Morgan fingerprint density at radius 2 is 1.67 bits per heavy atom. The van der Waals surface area contributed by atoms with E-state index in [0.29, 0.717) is 38.3 Å². The molecule has 2 saturated heterocycles. The lowest BCUT2D eigenvalue weighted by Crippen LogP contribution is -2.59. The van der Waals surface area contributed by atoms with Crippen molar-refractivity contribution in [3.63, 3.8) is 0 Å². The molecule has 0 radical (unpaired) electrons. The van der Waals surface area contributed by atoms with E-state index in [-0.39, 0.29) is 17.7 Å². The normalized spacial score (nSPS) is 18.0. The third-order valence-corrected chi connectivity index (χ3v) is 8.44. The number of nitrogens with zero attached hydrogens (tertiary/aromatic N) is 4. The van der Waals surface area contributed by atoms with Gasteiger partial charge in [-0.15, -0.1) is 0 Å². The van der Waals surface area contributed by atoms with Crippen molar-refractivity contribution in [2.75, 3.05) is 83.9 Å². The first-order chi connectivity index (χ1) is 18.8. The summed E-state index contributed by atoms with van der Waals surface area (Å²) in [6.07, 6.45) is 2.46. The Morgan fingerprint density at radius 1 is 1.03 bits per heavy atom. The molecule has 0 aliphatic carbocycles. The summed E-state index contributed by atoms with van der Waals surface area (Å²) < 4.78 is 8.39. The van der Waals surface area contributed by atoms with Crippen LogP contribution in [-0.2, 0) is 14.3 Å². The molecule has 218 valence electrons. The molecule has 1 aromatic carbocycles. The SMILES string of the molecule is CCN(C(C)=O)C(SNc1ccc(C(=O)NCCN2CCCC2)cc1)[C@H](N)C(=O)N1CCN(CCOC)CC1. The Morgan fingerprint density at radius 3 is 2.26 bits per heavy atom. The summed E-state index contributed by atoms with van der Waals surface area (Å²) in [7, 11) is 1.68. The molecular formula is C27H45N7O4S. The van der Waals surface area contributed by atoms with Gasteiger partial charge in [0.1, 0.15) is 11.4 Å². The van der Waals surface area contributed by atoms with Gasteiger partial charge in [-0.1, -0.05) is 0 Å². The average Bonchev–Trinajstić information content (AvgIpc) is 3.47. The fourth-order valence-corrected chi connectivity index (χ4v) is 5.99. The summed E-state index contributed by atoms with van der Waals surface area (Å²) >= 11 is 1.24. The van der Waals surface area contributed by atoms with Crippen LogP contribution in [0.15, 0.2) is 24.3 Å². The highest BCUT2D eigenvalue weighted by Gasteiger charge is 2.35. The van der Waals surface area contributed by atoms with E-state index in [0.717, 1.165) is 45.0 Å². The van der Waals surface area contributed by atoms with Crippen LogP contribution < -0.4 is 15.8 Å². The van der Waals surface area contributed by atoms with E-state index in [4.69, 9.17) is 10.5 Å². The number of nitrogens with one attached hydrogen (secondary N) is 2. The number of nitrogens with two attached hydrogens (primary N) is 1. The molecule has 0 saturated carbocycles. The highest BCUT2D eigenvalue weighted by molar-refractivity contribution is 8.01. The minimum Gasteiger partial charge on any atom is -0.383 e. The second-order valence-corrected chi connectivity index (χ2v) is 10.9. The number of carbonyl (C=O) groups is 3. The zero-order valence-corrected chi connectivity index (χ0v) is 24.4. The number of amides is 3. The Hall–Kier alpha value is -2.38. The number of benzene rings is 1. The number of hydrogen-bond donors (Lipinski definition) is 3. The van der Waals surface area contributed by atoms with Crippen LogP contribution in [0.5, 0.6) is 0 Å². The first-order valence-corrected chi connectivity index (χ1v) is 14.8. The maximum atomic E-state index is 13.3. The van der Waals surface area contributed by atoms with Crippen LogP contribution in [0.3, 0.4) is 0 Å². The van der Waals surface area contributed by atoms with Crippen molar-refractivity contribution >= 4 is 35.4 Å². The molecule has 2 aliphatic heterocycles. The number of methoxy groups -OCH3 is 1. The monoisotopic (exact) mass is 563 g/mol. The van der Waals surface area contributed by atoms with Gasteiger partial charge >= 0.3 is 0 Å². The van der Waals surface area contributed by atoms with E-state index >= 15 is 0 Å². The van der Waals surface area contributed by atoms with Gasteiger partial charge < -0.3 is 35.2 Å². The summed E-state index contributed by atoms with van der Waals surface area (Å²) in [5, 5.41) is 2.39. The molecule has 3 rings (SSSR count). The largest absolute Gasteiger partial charge is 0.383 e. The Bertz CT molecular complexity index is 921. The van der Waals surface area contributed by atoms with Gasteiger partial charge in [0.25, 0.3) is 5.91 Å². The van der Waals surface area contributed by atoms with Crippen LogP contribution in [0.2, 0.25) is 0 Å². The van der Waals surface area contributed by atoms with E-state index < -0.39 is 11.4 Å². The highest BCUT2D eigenvalue weighted by Crippen LogP contribution is 2.24. The molecule has 1 aromatic rings. The predicted octanol–water partition coefficient (Wildman–Crippen LogP) is 0.885. The molecule has 39 heavy (non-hydrogen) atoms. The number of rotatable bonds is 14. The molecule has 1 unspecified atom stereocenters. The molecule has 2 aliphatic rings. The van der Waals surface area contributed by atoms with Gasteiger partial charge in [0, 0.05) is 77.6 Å². The molecular weight excluding hydrogens is 518 g/mol. The van der Waals surface area contributed by atoms with Crippen LogP contribution in [0.1, 0.15) is 37.0 Å². The van der Waals surface area contributed by atoms with Gasteiger partial charge in [-0.25, -0.2) is 0 Å². The van der Waals surface area contributed by atoms with Crippen molar-refractivity contribution in [2.45, 2.75) is 38.1 Å². The van der Waals surface area contributed by atoms with Gasteiger partial charge in [0.2, 0.25) is 11.8 Å². The molecule has 2 heterocycles. The zero-order valence-electron chi connectivity index (χ0n) is 23.6. The summed E-state index contributed by atoms with van der Waals surface area (Å²) in [6.45, 7) is 11.7. The van der Waals surface area contributed by atoms with Crippen LogP contribution >= 0.6 is 11.9 Å². The maximum absolute atomic E-state index is 13.3. The maximum Gasteiger partial charge on any atom is 0.251 e. The topological polar surface area (TPSA) is 123 Å². The number of carbonyl (C=O) groups excluding carboxylic acids is 3.